The van der Waals surface area contributed by atoms with Crippen LogP contribution in [0.5, 0.6) is 0 Å². The summed E-state index contributed by atoms with van der Waals surface area (Å²) in [6.45, 7) is 1.77. The van der Waals surface area contributed by atoms with Crippen LogP contribution < -0.4 is 0 Å². The van der Waals surface area contributed by atoms with Crippen molar-refractivity contribution >= 4 is 11.9 Å². The molecule has 1 heterocycles. The molecule has 5 nitrogen and oxygen atoms in total. The smallest absolute Gasteiger partial charge is 0.324 e. The van der Waals surface area contributed by atoms with Crippen LogP contribution in [0.4, 0.5) is 0 Å². The number of ether oxygens (including phenoxy) is 2. The highest BCUT2D eigenvalue weighted by Gasteiger charge is 2.48. The number of methoxy groups -OCH3 is 2. The molecule has 0 aliphatic carbocycles. The Bertz CT molecular complexity index is 490. The van der Waals surface area contributed by atoms with Crippen LogP contribution in [-0.4, -0.2) is 26.2 Å². The summed E-state index contributed by atoms with van der Waals surface area (Å²) >= 11 is 0. The Morgan fingerprint density at radius 2 is 1.89 bits per heavy atom. The van der Waals surface area contributed by atoms with Gasteiger partial charge in [0.1, 0.15) is 11.5 Å². The predicted molar refractivity (Wildman–Crippen MR) is 67.1 cm³/mol. The molecule has 0 atom stereocenters. The maximum Gasteiger partial charge on any atom is 0.324 e. The van der Waals surface area contributed by atoms with E-state index in [0.717, 1.165) is 0 Å². The number of carbonyl (C=O) groups excluding carboxylic acids is 2. The fourth-order valence-electron chi connectivity index (χ4n) is 1.88. The molecular formula is C14H16O5. The van der Waals surface area contributed by atoms with Crippen LogP contribution in [0.3, 0.4) is 0 Å². The van der Waals surface area contributed by atoms with Crippen LogP contribution in [0.1, 0.15) is 17.9 Å². The lowest BCUT2D eigenvalue weighted by Crippen LogP contribution is -2.42. The number of carbonyl (C=O) groups is 2. The number of hydrogen-bond acceptors (Lipinski definition) is 5. The predicted octanol–water partition coefficient (Wildman–Crippen LogP) is 1.49. The Morgan fingerprint density at radius 3 is 2.26 bits per heavy atom. The molecule has 0 spiro atoms. The van der Waals surface area contributed by atoms with Crippen molar-refractivity contribution in [1.82, 2.24) is 0 Å². The summed E-state index contributed by atoms with van der Waals surface area (Å²) in [5.74, 6) is 2.02. The molecule has 5 heteroatoms. The lowest BCUT2D eigenvalue weighted by Gasteiger charge is -2.25. The van der Waals surface area contributed by atoms with Crippen molar-refractivity contribution in [3.8, 4) is 12.3 Å². The maximum atomic E-state index is 12.0. The fraction of sp³-hybridized carbons (Fsp3) is 0.429. The molecule has 0 N–H and O–H groups in total. The maximum absolute atomic E-state index is 12.0. The van der Waals surface area contributed by atoms with Gasteiger partial charge in [0, 0.05) is 12.8 Å². The van der Waals surface area contributed by atoms with Gasteiger partial charge in [-0.3, -0.25) is 9.59 Å². The molecule has 19 heavy (non-hydrogen) atoms. The number of hydrogen-bond donors (Lipinski definition) is 0. The number of esters is 2. The van der Waals surface area contributed by atoms with Crippen molar-refractivity contribution in [2.24, 2.45) is 5.41 Å². The van der Waals surface area contributed by atoms with E-state index in [9.17, 15) is 9.59 Å². The highest BCUT2D eigenvalue weighted by molar-refractivity contribution is 6.00. The topological polar surface area (TPSA) is 65.7 Å². The normalized spacial score (nSPS) is 10.6. The van der Waals surface area contributed by atoms with E-state index in [4.69, 9.17) is 20.3 Å². The quantitative estimate of drug-likeness (QED) is 0.458. The summed E-state index contributed by atoms with van der Waals surface area (Å²) in [5.41, 5.74) is -1.57. The van der Waals surface area contributed by atoms with Gasteiger partial charge < -0.3 is 13.9 Å². The summed E-state index contributed by atoms with van der Waals surface area (Å²) in [5, 5.41) is 0. The van der Waals surface area contributed by atoms with Gasteiger partial charge in [-0.2, -0.15) is 0 Å². The lowest BCUT2D eigenvalue weighted by molar-refractivity contribution is -0.169. The van der Waals surface area contributed by atoms with Crippen molar-refractivity contribution in [1.29, 1.82) is 0 Å². The standard InChI is InChI=1S/C14H16O5/c1-5-8-14(12(15)17-3,13(16)18-4)9-11-7-6-10(2)19-11/h1,6-7H,8-9H2,2-4H3. The monoisotopic (exact) mass is 264 g/mol. The minimum Gasteiger partial charge on any atom is -0.468 e. The molecule has 1 aromatic heterocycles. The number of rotatable bonds is 5. The number of terminal acetylenes is 1. The molecule has 0 radical (unpaired) electrons. The van der Waals surface area contributed by atoms with Gasteiger partial charge in [0.25, 0.3) is 0 Å². The van der Waals surface area contributed by atoms with Gasteiger partial charge >= 0.3 is 11.9 Å². The van der Waals surface area contributed by atoms with Crippen LogP contribution >= 0.6 is 0 Å². The SMILES string of the molecule is C#CCC(Cc1ccc(C)o1)(C(=O)OC)C(=O)OC. The van der Waals surface area contributed by atoms with Gasteiger partial charge in [-0.1, -0.05) is 0 Å². The van der Waals surface area contributed by atoms with E-state index >= 15 is 0 Å². The molecular weight excluding hydrogens is 248 g/mol. The first-order valence-electron chi connectivity index (χ1n) is 5.65. The third kappa shape index (κ3) is 2.97. The van der Waals surface area contributed by atoms with E-state index < -0.39 is 17.4 Å². The molecule has 102 valence electrons. The third-order valence-corrected chi connectivity index (χ3v) is 2.83. The van der Waals surface area contributed by atoms with Crippen molar-refractivity contribution in [2.45, 2.75) is 19.8 Å². The average Bonchev–Trinajstić information content (AvgIpc) is 2.81. The molecule has 0 saturated heterocycles. The summed E-state index contributed by atoms with van der Waals surface area (Å²) in [6, 6.07) is 3.43. The highest BCUT2D eigenvalue weighted by atomic mass is 16.5. The summed E-state index contributed by atoms with van der Waals surface area (Å²) in [6.07, 6.45) is 5.15. The van der Waals surface area contributed by atoms with Gasteiger partial charge in [0.15, 0.2) is 5.41 Å². The Morgan fingerprint density at radius 1 is 1.32 bits per heavy atom. The lowest BCUT2D eigenvalue weighted by atomic mass is 9.80. The molecule has 0 aliphatic heterocycles. The van der Waals surface area contributed by atoms with Crippen molar-refractivity contribution in [2.75, 3.05) is 14.2 Å². The van der Waals surface area contributed by atoms with E-state index in [-0.39, 0.29) is 12.8 Å². The van der Waals surface area contributed by atoms with E-state index in [0.29, 0.717) is 11.5 Å². The van der Waals surface area contributed by atoms with Crippen LogP contribution in [0.15, 0.2) is 16.5 Å². The van der Waals surface area contributed by atoms with Crippen molar-refractivity contribution < 1.29 is 23.5 Å². The number of furan rings is 1. The van der Waals surface area contributed by atoms with Gasteiger partial charge in [-0.05, 0) is 19.1 Å². The third-order valence-electron chi connectivity index (χ3n) is 2.83. The van der Waals surface area contributed by atoms with Crippen molar-refractivity contribution in [3.05, 3.63) is 23.7 Å². The van der Waals surface area contributed by atoms with Gasteiger partial charge in [0.2, 0.25) is 0 Å². The summed E-state index contributed by atoms with van der Waals surface area (Å²) in [7, 11) is 2.40. The fourth-order valence-corrected chi connectivity index (χ4v) is 1.88. The second-order valence-corrected chi connectivity index (χ2v) is 4.14. The second kappa shape index (κ2) is 6.10. The summed E-state index contributed by atoms with van der Waals surface area (Å²) < 4.78 is 14.8. The first-order valence-corrected chi connectivity index (χ1v) is 5.65. The molecule has 1 aromatic rings. The highest BCUT2D eigenvalue weighted by Crippen LogP contribution is 2.31. The largest absolute Gasteiger partial charge is 0.468 e. The minimum absolute atomic E-state index is 0.00435. The Labute approximate surface area is 111 Å². The van der Waals surface area contributed by atoms with E-state index in [1.165, 1.54) is 14.2 Å². The molecule has 0 amide bonds. The molecule has 0 saturated carbocycles. The van der Waals surface area contributed by atoms with Crippen LogP contribution in [0.2, 0.25) is 0 Å². The molecule has 0 bridgehead atoms. The second-order valence-electron chi connectivity index (χ2n) is 4.14. The van der Waals surface area contributed by atoms with Crippen LogP contribution in [0.25, 0.3) is 0 Å². The first kappa shape index (κ1) is 14.8. The van der Waals surface area contributed by atoms with Gasteiger partial charge in [-0.15, -0.1) is 12.3 Å². The molecule has 0 fully saturated rings. The van der Waals surface area contributed by atoms with Gasteiger partial charge in [-0.25, -0.2) is 0 Å². The Hall–Kier alpha value is -2.22. The van der Waals surface area contributed by atoms with E-state index in [1.807, 2.05) is 0 Å². The minimum atomic E-state index is -1.57. The molecule has 0 unspecified atom stereocenters. The average molecular weight is 264 g/mol. The molecule has 0 aliphatic rings. The number of aryl methyl sites for hydroxylation is 1. The Kier molecular flexibility index (Phi) is 4.76. The zero-order chi connectivity index (χ0) is 14.5. The van der Waals surface area contributed by atoms with Crippen LogP contribution in [0, 0.1) is 24.7 Å². The molecule has 0 aromatic carbocycles. The Balaban J connectivity index is 3.19. The van der Waals surface area contributed by atoms with E-state index in [1.54, 1.807) is 19.1 Å². The zero-order valence-electron chi connectivity index (χ0n) is 11.2. The zero-order valence-corrected chi connectivity index (χ0v) is 11.2. The molecule has 1 rings (SSSR count). The van der Waals surface area contributed by atoms with Crippen LogP contribution in [-0.2, 0) is 25.5 Å². The summed E-state index contributed by atoms with van der Waals surface area (Å²) in [4.78, 5) is 24.0. The van der Waals surface area contributed by atoms with E-state index in [2.05, 4.69) is 5.92 Å². The van der Waals surface area contributed by atoms with Gasteiger partial charge in [0.05, 0.1) is 14.2 Å². The first-order chi connectivity index (χ1) is 9.00. The van der Waals surface area contributed by atoms with Crippen molar-refractivity contribution in [3.63, 3.8) is 0 Å².